The number of benzene rings is 2. The van der Waals surface area contributed by atoms with Crippen molar-refractivity contribution in [1.82, 2.24) is 4.98 Å². The summed E-state index contributed by atoms with van der Waals surface area (Å²) in [6.07, 6.45) is 3.26. The van der Waals surface area contributed by atoms with Crippen LogP contribution in [0.25, 0.3) is 10.8 Å². The summed E-state index contributed by atoms with van der Waals surface area (Å²) in [5.74, 6) is -0.570. The molecule has 0 N–H and O–H groups in total. The molecule has 31 heavy (non-hydrogen) atoms. The molecule has 2 unspecified atom stereocenters. The quantitative estimate of drug-likeness (QED) is 0.352. The normalized spacial score (nSPS) is 14.0. The van der Waals surface area contributed by atoms with Gasteiger partial charge in [-0.05, 0) is 42.5 Å². The number of esters is 1. The minimum absolute atomic E-state index is 0.0209. The van der Waals surface area contributed by atoms with E-state index in [1.807, 2.05) is 74.5 Å². The van der Waals surface area contributed by atoms with Crippen molar-refractivity contribution in [3.05, 3.63) is 83.1 Å². The zero-order valence-electron chi connectivity index (χ0n) is 17.7. The summed E-state index contributed by atoms with van der Waals surface area (Å²) in [4.78, 5) is 17.7. The Kier molecular flexibility index (Phi) is 7.58. The van der Waals surface area contributed by atoms with Gasteiger partial charge < -0.3 is 9.47 Å². The molecule has 0 aliphatic heterocycles. The number of nitrogens with zero attached hydrogens (tertiary/aromatic N) is 1. The van der Waals surface area contributed by atoms with Crippen LogP contribution in [0.3, 0.4) is 0 Å². The Hall–Kier alpha value is -2.56. The molecule has 0 radical (unpaired) electrons. The van der Waals surface area contributed by atoms with Crippen LogP contribution in [0, 0.1) is 11.8 Å². The zero-order chi connectivity index (χ0) is 22.4. The van der Waals surface area contributed by atoms with Gasteiger partial charge in [-0.15, -0.1) is 0 Å². The van der Waals surface area contributed by atoms with E-state index in [0.717, 1.165) is 10.8 Å². The van der Waals surface area contributed by atoms with Crippen molar-refractivity contribution in [1.29, 1.82) is 0 Å². The molecule has 0 fully saturated rings. The Balaban J connectivity index is 1.87. The lowest BCUT2D eigenvalue weighted by Gasteiger charge is -2.36. The molecule has 0 amide bonds. The van der Waals surface area contributed by atoms with Gasteiger partial charge in [-0.1, -0.05) is 79.5 Å². The first-order valence-corrected chi connectivity index (χ1v) is 10.8. The molecular weight excluding hydrogens is 433 g/mol. The molecule has 0 spiro atoms. The number of aromatic nitrogens is 1. The SMILES string of the molecule is CC(C)C(C(=O)OCc1nccc2ccccc12)C(C)(C=C(Cl)Cl)Oc1ccccc1. The van der Waals surface area contributed by atoms with Crippen LogP contribution >= 0.6 is 23.2 Å². The van der Waals surface area contributed by atoms with Crippen LogP contribution in [0.1, 0.15) is 26.5 Å². The van der Waals surface area contributed by atoms with Crippen molar-refractivity contribution in [2.75, 3.05) is 0 Å². The van der Waals surface area contributed by atoms with Crippen LogP contribution in [0.4, 0.5) is 0 Å². The van der Waals surface area contributed by atoms with Crippen LogP contribution < -0.4 is 4.74 Å². The number of carbonyl (C=O) groups excluding carboxylic acids is 1. The van der Waals surface area contributed by atoms with E-state index in [-0.39, 0.29) is 17.0 Å². The van der Waals surface area contributed by atoms with Crippen LogP contribution in [0.2, 0.25) is 0 Å². The van der Waals surface area contributed by atoms with Crippen LogP contribution in [-0.2, 0) is 16.1 Å². The van der Waals surface area contributed by atoms with Gasteiger partial charge in [0.1, 0.15) is 28.4 Å². The minimum Gasteiger partial charge on any atom is -0.482 e. The zero-order valence-corrected chi connectivity index (χ0v) is 19.2. The molecule has 0 aliphatic rings. The molecule has 1 heterocycles. The second-order valence-electron chi connectivity index (χ2n) is 7.84. The van der Waals surface area contributed by atoms with E-state index < -0.39 is 17.5 Å². The smallest absolute Gasteiger partial charge is 0.314 e. The number of hydrogen-bond acceptors (Lipinski definition) is 4. The number of ether oxygens (including phenoxy) is 2. The van der Waals surface area contributed by atoms with Crippen LogP contribution in [0.5, 0.6) is 5.75 Å². The van der Waals surface area contributed by atoms with E-state index in [2.05, 4.69) is 4.98 Å². The van der Waals surface area contributed by atoms with Gasteiger partial charge in [0.2, 0.25) is 0 Å². The molecule has 3 aromatic rings. The van der Waals surface area contributed by atoms with Crippen molar-refractivity contribution in [3.8, 4) is 5.75 Å². The highest BCUT2D eigenvalue weighted by Gasteiger charge is 2.43. The van der Waals surface area contributed by atoms with Gasteiger partial charge in [0.05, 0.1) is 5.69 Å². The van der Waals surface area contributed by atoms with E-state index in [1.54, 1.807) is 19.2 Å². The van der Waals surface area contributed by atoms with Gasteiger partial charge >= 0.3 is 5.97 Å². The van der Waals surface area contributed by atoms with E-state index in [9.17, 15) is 4.79 Å². The van der Waals surface area contributed by atoms with Crippen molar-refractivity contribution >= 4 is 39.9 Å². The van der Waals surface area contributed by atoms with Crippen molar-refractivity contribution < 1.29 is 14.3 Å². The topological polar surface area (TPSA) is 48.4 Å². The highest BCUT2D eigenvalue weighted by molar-refractivity contribution is 6.55. The highest BCUT2D eigenvalue weighted by Crippen LogP contribution is 2.35. The number of hydrogen-bond donors (Lipinski definition) is 0. The molecule has 6 heteroatoms. The minimum atomic E-state index is -1.11. The molecule has 0 saturated carbocycles. The Morgan fingerprint density at radius 3 is 2.42 bits per heavy atom. The van der Waals surface area contributed by atoms with E-state index in [0.29, 0.717) is 11.4 Å². The molecule has 0 saturated heterocycles. The fraction of sp³-hybridized carbons (Fsp3) is 0.280. The fourth-order valence-corrected chi connectivity index (χ4v) is 4.27. The molecule has 1 aromatic heterocycles. The van der Waals surface area contributed by atoms with Gasteiger partial charge in [0, 0.05) is 11.6 Å². The molecule has 3 rings (SSSR count). The number of pyridine rings is 1. The first-order valence-electron chi connectivity index (χ1n) is 10.1. The van der Waals surface area contributed by atoms with E-state index >= 15 is 0 Å². The average molecular weight is 458 g/mol. The van der Waals surface area contributed by atoms with Crippen LogP contribution in [0.15, 0.2) is 77.4 Å². The molecule has 4 nitrogen and oxygen atoms in total. The molecule has 0 bridgehead atoms. The summed E-state index contributed by atoms with van der Waals surface area (Å²) < 4.78 is 12.0. The Labute approximate surface area is 192 Å². The summed E-state index contributed by atoms with van der Waals surface area (Å²) >= 11 is 12.0. The first kappa shape index (κ1) is 23.1. The lowest BCUT2D eigenvalue weighted by molar-refractivity contribution is -0.158. The Morgan fingerprint density at radius 1 is 1.06 bits per heavy atom. The summed E-state index contributed by atoms with van der Waals surface area (Å²) in [7, 11) is 0. The highest BCUT2D eigenvalue weighted by atomic mass is 35.5. The summed E-state index contributed by atoms with van der Waals surface area (Å²) in [5, 5.41) is 1.99. The maximum Gasteiger partial charge on any atom is 0.314 e. The van der Waals surface area contributed by atoms with E-state index in [4.69, 9.17) is 32.7 Å². The maximum absolute atomic E-state index is 13.3. The van der Waals surface area contributed by atoms with Gasteiger partial charge in [0.15, 0.2) is 0 Å². The van der Waals surface area contributed by atoms with Gasteiger partial charge in [-0.2, -0.15) is 0 Å². The molecule has 2 aromatic carbocycles. The summed E-state index contributed by atoms with van der Waals surface area (Å²) in [6, 6.07) is 19.0. The lowest BCUT2D eigenvalue weighted by atomic mass is 9.80. The largest absolute Gasteiger partial charge is 0.482 e. The second kappa shape index (κ2) is 10.2. The number of halogens is 2. The maximum atomic E-state index is 13.3. The summed E-state index contributed by atoms with van der Waals surface area (Å²) in [6.45, 7) is 5.71. The van der Waals surface area contributed by atoms with Crippen molar-refractivity contribution in [3.63, 3.8) is 0 Å². The van der Waals surface area contributed by atoms with Gasteiger partial charge in [-0.3, -0.25) is 9.78 Å². The predicted molar refractivity (Wildman–Crippen MR) is 125 cm³/mol. The Bertz CT molecular complexity index is 1060. The van der Waals surface area contributed by atoms with E-state index in [1.165, 1.54) is 0 Å². The average Bonchev–Trinajstić information content (AvgIpc) is 2.72. The number of fused-ring (bicyclic) bond motifs is 1. The van der Waals surface area contributed by atoms with Crippen LogP contribution in [-0.4, -0.2) is 16.6 Å². The predicted octanol–water partition coefficient (Wildman–Crippen LogP) is 6.71. The standard InChI is InChI=1S/C25H25Cl2NO3/c1-17(2)23(25(3,15-22(26)27)31-19-10-5-4-6-11-19)24(29)30-16-21-20-12-8-7-9-18(20)13-14-28-21/h4-15,17,23H,16H2,1-3H3. The third-order valence-electron chi connectivity index (χ3n) is 5.12. The van der Waals surface area contributed by atoms with Crippen molar-refractivity contribution in [2.24, 2.45) is 11.8 Å². The fourth-order valence-electron chi connectivity index (χ4n) is 3.84. The third kappa shape index (κ3) is 5.78. The monoisotopic (exact) mass is 457 g/mol. The number of carbonyl (C=O) groups is 1. The molecule has 2 atom stereocenters. The lowest BCUT2D eigenvalue weighted by Crippen LogP contribution is -2.47. The number of para-hydroxylation sites is 1. The summed E-state index contributed by atoms with van der Waals surface area (Å²) in [5.41, 5.74) is -0.414. The third-order valence-corrected chi connectivity index (χ3v) is 5.34. The molecule has 162 valence electrons. The van der Waals surface area contributed by atoms with Gasteiger partial charge in [0.25, 0.3) is 0 Å². The van der Waals surface area contributed by atoms with Gasteiger partial charge in [-0.25, -0.2) is 0 Å². The molecular formula is C25H25Cl2NO3. The number of rotatable bonds is 8. The Morgan fingerprint density at radius 2 is 1.74 bits per heavy atom. The molecule has 0 aliphatic carbocycles. The second-order valence-corrected chi connectivity index (χ2v) is 8.85. The first-order chi connectivity index (χ1) is 14.8. The van der Waals surface area contributed by atoms with Crippen molar-refractivity contribution in [2.45, 2.75) is 33.0 Å².